The summed E-state index contributed by atoms with van der Waals surface area (Å²) in [5.41, 5.74) is 0. The first-order chi connectivity index (χ1) is 4.84. The van der Waals surface area contributed by atoms with E-state index in [1.807, 2.05) is 25.2 Å². The highest BCUT2D eigenvalue weighted by molar-refractivity contribution is 5.81. The lowest BCUT2D eigenvalue weighted by molar-refractivity contribution is 0.381. The van der Waals surface area contributed by atoms with Crippen molar-refractivity contribution in [1.29, 1.82) is 0 Å². The van der Waals surface area contributed by atoms with Crippen molar-refractivity contribution < 1.29 is 4.74 Å². The van der Waals surface area contributed by atoms with E-state index in [0.717, 1.165) is 5.90 Å². The van der Waals surface area contributed by atoms with Crippen molar-refractivity contribution in [3.8, 4) is 0 Å². The maximum absolute atomic E-state index is 5.03. The molecule has 0 fully saturated rings. The van der Waals surface area contributed by atoms with Crippen molar-refractivity contribution in [2.45, 2.75) is 6.92 Å². The van der Waals surface area contributed by atoms with Crippen molar-refractivity contribution in [2.24, 2.45) is 10.9 Å². The van der Waals surface area contributed by atoms with E-state index in [9.17, 15) is 0 Å². The third kappa shape index (κ3) is 1.47. The highest BCUT2D eigenvalue weighted by atomic mass is 16.5. The van der Waals surface area contributed by atoms with Crippen LogP contribution in [0.3, 0.4) is 0 Å². The summed E-state index contributed by atoms with van der Waals surface area (Å²) in [5.74, 6) is 1.06. The van der Waals surface area contributed by atoms with Gasteiger partial charge in [0.25, 0.3) is 0 Å². The molecule has 0 aliphatic carbocycles. The first-order valence-electron chi connectivity index (χ1n) is 3.29. The quantitative estimate of drug-likeness (QED) is 0.498. The Labute approximate surface area is 60.9 Å². The molecule has 0 N–H and O–H groups in total. The summed E-state index contributed by atoms with van der Waals surface area (Å²) in [6, 6.07) is 0. The fourth-order valence-corrected chi connectivity index (χ4v) is 0.835. The van der Waals surface area contributed by atoms with Gasteiger partial charge >= 0.3 is 0 Å². The second kappa shape index (κ2) is 3.20. The molecular weight excluding hydrogens is 126 g/mol. The van der Waals surface area contributed by atoms with E-state index in [0.29, 0.717) is 5.92 Å². The molecule has 1 atom stereocenters. The topological polar surface area (TPSA) is 21.6 Å². The van der Waals surface area contributed by atoms with Gasteiger partial charge in [0.15, 0.2) is 5.90 Å². The molecule has 0 saturated heterocycles. The monoisotopic (exact) mass is 137 g/mol. The highest BCUT2D eigenvalue weighted by Crippen LogP contribution is 2.05. The van der Waals surface area contributed by atoms with Crippen molar-refractivity contribution in [1.82, 2.24) is 0 Å². The van der Waals surface area contributed by atoms with Gasteiger partial charge in [0.2, 0.25) is 0 Å². The molecule has 0 aromatic rings. The van der Waals surface area contributed by atoms with Crippen LogP contribution in [0.5, 0.6) is 0 Å². The number of allylic oxidation sites excluding steroid dienone is 2. The fraction of sp³-hybridized carbons (Fsp3) is 0.375. The van der Waals surface area contributed by atoms with Crippen LogP contribution in [0.25, 0.3) is 0 Å². The second-order valence-corrected chi connectivity index (χ2v) is 2.19. The Morgan fingerprint density at radius 3 is 3.00 bits per heavy atom. The summed E-state index contributed by atoms with van der Waals surface area (Å²) in [6.07, 6.45) is 7.65. The number of ether oxygens (including phenoxy) is 1. The van der Waals surface area contributed by atoms with Gasteiger partial charge < -0.3 is 4.74 Å². The minimum absolute atomic E-state index is 0.292. The van der Waals surface area contributed by atoms with Crippen LogP contribution in [0.4, 0.5) is 0 Å². The van der Waals surface area contributed by atoms with Gasteiger partial charge in [-0.15, -0.1) is 0 Å². The van der Waals surface area contributed by atoms with Gasteiger partial charge in [-0.1, -0.05) is 19.1 Å². The van der Waals surface area contributed by atoms with Gasteiger partial charge in [0.1, 0.15) is 0 Å². The van der Waals surface area contributed by atoms with Crippen molar-refractivity contribution in [3.63, 3.8) is 0 Å². The smallest absolute Gasteiger partial charge is 0.194 e. The van der Waals surface area contributed by atoms with E-state index in [-0.39, 0.29) is 0 Å². The first-order valence-corrected chi connectivity index (χ1v) is 3.29. The number of nitrogens with zero attached hydrogens (tertiary/aromatic N) is 1. The molecule has 10 heavy (non-hydrogen) atoms. The number of hydrogen-bond acceptors (Lipinski definition) is 2. The lowest BCUT2D eigenvalue weighted by atomic mass is 10.2. The number of methoxy groups -OCH3 is 1. The maximum atomic E-state index is 5.03. The minimum atomic E-state index is 0.292. The van der Waals surface area contributed by atoms with Crippen LogP contribution >= 0.6 is 0 Å². The first kappa shape index (κ1) is 7.06. The molecule has 0 amide bonds. The average Bonchev–Trinajstić information content (AvgIpc) is 2.13. The van der Waals surface area contributed by atoms with E-state index >= 15 is 0 Å². The van der Waals surface area contributed by atoms with Crippen LogP contribution in [0.15, 0.2) is 29.4 Å². The third-order valence-corrected chi connectivity index (χ3v) is 1.40. The maximum Gasteiger partial charge on any atom is 0.194 e. The Balaban J connectivity index is 2.77. The molecule has 2 heteroatoms. The Hall–Kier alpha value is -1.05. The fourth-order valence-electron chi connectivity index (χ4n) is 0.835. The SMILES string of the molecule is COC1=NC=CC=C[C@@H]1C. The van der Waals surface area contributed by atoms with Crippen LogP contribution < -0.4 is 0 Å². The molecule has 1 rings (SSSR count). The standard InChI is InChI=1S/C8H11NO/c1-7-5-3-4-6-9-8(7)10-2/h3-7H,1-2H3/t7-/m0/s1. The van der Waals surface area contributed by atoms with Crippen LogP contribution in [-0.2, 0) is 4.74 Å². The molecule has 0 aromatic heterocycles. The summed E-state index contributed by atoms with van der Waals surface area (Å²) < 4.78 is 5.03. The number of hydrogen-bond donors (Lipinski definition) is 0. The van der Waals surface area contributed by atoms with Gasteiger partial charge in [-0.3, -0.25) is 0 Å². The molecule has 0 unspecified atom stereocenters. The molecular formula is C8H11NO. The normalized spacial score (nSPS) is 23.8. The van der Waals surface area contributed by atoms with E-state index in [2.05, 4.69) is 4.99 Å². The van der Waals surface area contributed by atoms with Crippen LogP contribution in [0, 0.1) is 5.92 Å². The molecule has 0 radical (unpaired) electrons. The molecule has 1 heterocycles. The molecule has 0 bridgehead atoms. The lowest BCUT2D eigenvalue weighted by Crippen LogP contribution is -2.09. The second-order valence-electron chi connectivity index (χ2n) is 2.19. The molecule has 54 valence electrons. The number of rotatable bonds is 0. The highest BCUT2D eigenvalue weighted by Gasteiger charge is 2.06. The van der Waals surface area contributed by atoms with E-state index in [1.165, 1.54) is 0 Å². The number of aliphatic imine (C=N–C) groups is 1. The summed E-state index contributed by atoms with van der Waals surface area (Å²) in [5, 5.41) is 0. The zero-order chi connectivity index (χ0) is 7.40. The van der Waals surface area contributed by atoms with E-state index < -0.39 is 0 Å². The summed E-state index contributed by atoms with van der Waals surface area (Å²) in [6.45, 7) is 2.05. The van der Waals surface area contributed by atoms with E-state index in [4.69, 9.17) is 4.74 Å². The van der Waals surface area contributed by atoms with Gasteiger partial charge in [-0.05, 0) is 6.08 Å². The Kier molecular flexibility index (Phi) is 2.26. The molecule has 1 aliphatic heterocycles. The van der Waals surface area contributed by atoms with Crippen LogP contribution in [-0.4, -0.2) is 13.0 Å². The molecule has 0 spiro atoms. The van der Waals surface area contributed by atoms with Gasteiger partial charge in [-0.25, -0.2) is 4.99 Å². The van der Waals surface area contributed by atoms with Crippen molar-refractivity contribution in [2.75, 3.05) is 7.11 Å². The van der Waals surface area contributed by atoms with E-state index in [1.54, 1.807) is 13.3 Å². The largest absolute Gasteiger partial charge is 0.484 e. The predicted molar refractivity (Wildman–Crippen MR) is 41.9 cm³/mol. The third-order valence-electron chi connectivity index (χ3n) is 1.40. The van der Waals surface area contributed by atoms with Crippen molar-refractivity contribution in [3.05, 3.63) is 24.4 Å². The Morgan fingerprint density at radius 2 is 2.30 bits per heavy atom. The lowest BCUT2D eigenvalue weighted by Gasteiger charge is -2.05. The molecule has 0 saturated carbocycles. The molecule has 1 aliphatic rings. The predicted octanol–water partition coefficient (Wildman–Crippen LogP) is 1.75. The zero-order valence-corrected chi connectivity index (χ0v) is 6.24. The van der Waals surface area contributed by atoms with Crippen molar-refractivity contribution >= 4 is 5.90 Å². The summed E-state index contributed by atoms with van der Waals surface area (Å²) >= 11 is 0. The minimum Gasteiger partial charge on any atom is -0.484 e. The van der Waals surface area contributed by atoms with Gasteiger partial charge in [0.05, 0.1) is 13.0 Å². The Morgan fingerprint density at radius 1 is 1.50 bits per heavy atom. The van der Waals surface area contributed by atoms with Crippen LogP contribution in [0.2, 0.25) is 0 Å². The van der Waals surface area contributed by atoms with Gasteiger partial charge in [0, 0.05) is 6.20 Å². The summed E-state index contributed by atoms with van der Waals surface area (Å²) in [4.78, 5) is 4.07. The van der Waals surface area contributed by atoms with Gasteiger partial charge in [-0.2, -0.15) is 0 Å². The summed E-state index contributed by atoms with van der Waals surface area (Å²) in [7, 11) is 1.64. The Bertz CT molecular complexity index is 191. The molecule has 2 nitrogen and oxygen atoms in total. The average molecular weight is 137 g/mol. The van der Waals surface area contributed by atoms with Crippen LogP contribution in [0.1, 0.15) is 6.92 Å². The zero-order valence-electron chi connectivity index (χ0n) is 6.24. The molecule has 0 aromatic carbocycles.